The Kier molecular flexibility index (Phi) is 3.04. The quantitative estimate of drug-likeness (QED) is 0.434. The molecule has 0 aromatic rings. The predicted molar refractivity (Wildman–Crippen MR) is 67.3 cm³/mol. The second-order valence-corrected chi connectivity index (χ2v) is 5.09. The molecular weight excluding hydrogens is 230 g/mol. The third-order valence-corrected chi connectivity index (χ3v) is 3.92. The summed E-state index contributed by atoms with van der Waals surface area (Å²) in [7, 11) is 0. The highest BCUT2D eigenvalue weighted by Crippen LogP contribution is 2.43. The van der Waals surface area contributed by atoms with Crippen molar-refractivity contribution >= 4 is 12.2 Å². The van der Waals surface area contributed by atoms with E-state index in [4.69, 9.17) is 9.47 Å². The Morgan fingerprint density at radius 1 is 1.56 bits per heavy atom. The first kappa shape index (κ1) is 11.7. The molecule has 1 saturated carbocycles. The first-order valence-corrected chi connectivity index (χ1v) is 6.47. The average molecular weight is 247 g/mol. The number of ether oxygens (including phenoxy) is 2. The Labute approximate surface area is 106 Å². The average Bonchev–Trinajstić information content (AvgIpc) is 2.97. The molecule has 4 atom stereocenters. The van der Waals surface area contributed by atoms with Crippen LogP contribution in [0, 0.1) is 5.92 Å². The summed E-state index contributed by atoms with van der Waals surface area (Å²) in [5.74, 6) is -0.00256. The van der Waals surface area contributed by atoms with Crippen LogP contribution in [-0.4, -0.2) is 30.5 Å². The summed E-state index contributed by atoms with van der Waals surface area (Å²) in [6.45, 7) is 3.46. The van der Waals surface area contributed by atoms with E-state index in [1.165, 1.54) is 6.08 Å². The molecule has 0 bridgehead atoms. The van der Waals surface area contributed by atoms with Gasteiger partial charge in [0.05, 0.1) is 12.2 Å². The topological polar surface area (TPSA) is 51.2 Å². The highest BCUT2D eigenvalue weighted by Gasteiger charge is 2.47. The first-order chi connectivity index (χ1) is 8.78. The number of hydrogen-bond donors (Lipinski definition) is 0. The van der Waals surface area contributed by atoms with Crippen molar-refractivity contribution in [3.05, 3.63) is 24.4 Å². The second-order valence-electron chi connectivity index (χ2n) is 5.09. The van der Waals surface area contributed by atoms with Crippen LogP contribution in [0.2, 0.25) is 0 Å². The second kappa shape index (κ2) is 4.69. The van der Waals surface area contributed by atoms with E-state index in [0.717, 1.165) is 31.3 Å². The van der Waals surface area contributed by atoms with Crippen molar-refractivity contribution in [2.75, 3.05) is 0 Å². The maximum Gasteiger partial charge on any atom is 0.330 e. The minimum atomic E-state index is -0.355. The third kappa shape index (κ3) is 2.25. The molecule has 4 unspecified atom stereocenters. The molecule has 96 valence electrons. The van der Waals surface area contributed by atoms with Crippen LogP contribution in [0.15, 0.2) is 29.4 Å². The van der Waals surface area contributed by atoms with E-state index in [9.17, 15) is 4.79 Å². The SMILES string of the molecule is C=CC(=O)OC(C1=CN=CC1)C1CCC2OC2C1. The molecule has 3 aliphatic rings. The van der Waals surface area contributed by atoms with Crippen molar-refractivity contribution in [2.24, 2.45) is 10.9 Å². The van der Waals surface area contributed by atoms with Crippen molar-refractivity contribution in [1.82, 2.24) is 0 Å². The Morgan fingerprint density at radius 3 is 3.11 bits per heavy atom. The monoisotopic (exact) mass is 247 g/mol. The lowest BCUT2D eigenvalue weighted by Gasteiger charge is -2.28. The minimum absolute atomic E-state index is 0.164. The number of epoxide rings is 1. The van der Waals surface area contributed by atoms with E-state index in [-0.39, 0.29) is 12.1 Å². The molecule has 0 aromatic carbocycles. The number of hydrogen-bond acceptors (Lipinski definition) is 4. The van der Waals surface area contributed by atoms with Crippen molar-refractivity contribution < 1.29 is 14.3 Å². The van der Waals surface area contributed by atoms with Gasteiger partial charge in [0.25, 0.3) is 0 Å². The fourth-order valence-corrected chi connectivity index (χ4v) is 2.91. The summed E-state index contributed by atoms with van der Waals surface area (Å²) in [4.78, 5) is 15.6. The van der Waals surface area contributed by atoms with E-state index in [0.29, 0.717) is 18.1 Å². The zero-order valence-electron chi connectivity index (χ0n) is 10.2. The molecule has 4 nitrogen and oxygen atoms in total. The molecule has 0 spiro atoms. The fraction of sp³-hybridized carbons (Fsp3) is 0.571. The van der Waals surface area contributed by atoms with E-state index in [1.54, 1.807) is 0 Å². The molecule has 2 heterocycles. The van der Waals surface area contributed by atoms with Gasteiger partial charge >= 0.3 is 5.97 Å². The van der Waals surface area contributed by atoms with Gasteiger partial charge in [-0.25, -0.2) is 4.79 Å². The lowest BCUT2D eigenvalue weighted by Crippen LogP contribution is -2.31. The lowest BCUT2D eigenvalue weighted by atomic mass is 9.82. The van der Waals surface area contributed by atoms with Crippen LogP contribution in [0.4, 0.5) is 0 Å². The van der Waals surface area contributed by atoms with Gasteiger partial charge in [-0.2, -0.15) is 0 Å². The van der Waals surface area contributed by atoms with E-state index in [2.05, 4.69) is 11.6 Å². The van der Waals surface area contributed by atoms with Crippen LogP contribution >= 0.6 is 0 Å². The van der Waals surface area contributed by atoms with Gasteiger partial charge in [-0.05, 0) is 24.8 Å². The summed E-state index contributed by atoms with van der Waals surface area (Å²) in [5.41, 5.74) is 1.09. The van der Waals surface area contributed by atoms with E-state index < -0.39 is 0 Å². The normalized spacial score (nSPS) is 34.4. The molecular formula is C14H17NO3. The first-order valence-electron chi connectivity index (χ1n) is 6.47. The summed E-state index contributed by atoms with van der Waals surface area (Å²) in [6, 6.07) is 0. The molecule has 3 rings (SSSR count). The van der Waals surface area contributed by atoms with E-state index in [1.807, 2.05) is 12.4 Å². The number of aliphatic imine (C=N–C) groups is 1. The van der Waals surface area contributed by atoms with Gasteiger partial charge in [0.15, 0.2) is 0 Å². The highest BCUT2D eigenvalue weighted by molar-refractivity contribution is 5.81. The lowest BCUT2D eigenvalue weighted by molar-refractivity contribution is -0.144. The predicted octanol–water partition coefficient (Wildman–Crippen LogP) is 2.01. The molecule has 0 amide bonds. The fourth-order valence-electron chi connectivity index (χ4n) is 2.91. The van der Waals surface area contributed by atoms with Gasteiger partial charge in [-0.3, -0.25) is 4.99 Å². The molecule has 0 radical (unpaired) electrons. The Morgan fingerprint density at radius 2 is 2.44 bits per heavy atom. The van der Waals surface area contributed by atoms with Crippen molar-refractivity contribution in [3.63, 3.8) is 0 Å². The Hall–Kier alpha value is -1.42. The largest absolute Gasteiger partial charge is 0.454 e. The number of nitrogens with zero attached hydrogens (tertiary/aromatic N) is 1. The zero-order chi connectivity index (χ0) is 12.5. The van der Waals surface area contributed by atoms with Gasteiger partial charge in [0.1, 0.15) is 6.10 Å². The van der Waals surface area contributed by atoms with Crippen LogP contribution in [-0.2, 0) is 14.3 Å². The molecule has 0 aromatic heterocycles. The number of carbonyl (C=O) groups is 1. The summed E-state index contributed by atoms with van der Waals surface area (Å²) in [5, 5.41) is 0. The van der Waals surface area contributed by atoms with Crippen LogP contribution in [0.25, 0.3) is 0 Å². The van der Waals surface area contributed by atoms with Crippen molar-refractivity contribution in [2.45, 2.75) is 44.0 Å². The number of esters is 1. The maximum absolute atomic E-state index is 11.5. The Balaban J connectivity index is 1.71. The van der Waals surface area contributed by atoms with Gasteiger partial charge in [-0.15, -0.1) is 0 Å². The van der Waals surface area contributed by atoms with Crippen LogP contribution in [0.3, 0.4) is 0 Å². The molecule has 4 heteroatoms. The van der Waals surface area contributed by atoms with Gasteiger partial charge in [0, 0.05) is 30.8 Å². The van der Waals surface area contributed by atoms with Crippen molar-refractivity contribution in [3.8, 4) is 0 Å². The molecule has 1 saturated heterocycles. The van der Waals surface area contributed by atoms with E-state index >= 15 is 0 Å². The van der Waals surface area contributed by atoms with Gasteiger partial charge in [-0.1, -0.05) is 6.58 Å². The molecule has 2 aliphatic heterocycles. The number of rotatable bonds is 4. The molecule has 2 fully saturated rings. The Bertz CT molecular complexity index is 427. The summed E-state index contributed by atoms with van der Waals surface area (Å²) >= 11 is 0. The van der Waals surface area contributed by atoms with Gasteiger partial charge < -0.3 is 9.47 Å². The number of fused-ring (bicyclic) bond motifs is 1. The third-order valence-electron chi connectivity index (χ3n) is 3.92. The molecule has 0 N–H and O–H groups in total. The summed E-state index contributed by atoms with van der Waals surface area (Å²) in [6.07, 6.45) is 9.47. The summed E-state index contributed by atoms with van der Waals surface area (Å²) < 4.78 is 11.1. The smallest absolute Gasteiger partial charge is 0.330 e. The molecule has 18 heavy (non-hydrogen) atoms. The highest BCUT2D eigenvalue weighted by atomic mass is 16.6. The van der Waals surface area contributed by atoms with Crippen LogP contribution < -0.4 is 0 Å². The molecule has 1 aliphatic carbocycles. The van der Waals surface area contributed by atoms with Crippen molar-refractivity contribution in [1.29, 1.82) is 0 Å². The standard InChI is InChI=1S/C14H17NO3/c1-2-13(16)18-14(10-5-6-15-8-10)9-3-4-11-12(7-9)17-11/h2,6,8-9,11-12,14H,1,3-5,7H2. The zero-order valence-corrected chi connectivity index (χ0v) is 10.2. The minimum Gasteiger partial charge on any atom is -0.454 e. The van der Waals surface area contributed by atoms with Crippen LogP contribution in [0.5, 0.6) is 0 Å². The number of carbonyl (C=O) groups excluding carboxylic acids is 1. The van der Waals surface area contributed by atoms with Crippen LogP contribution in [0.1, 0.15) is 25.7 Å². The maximum atomic E-state index is 11.5. The van der Waals surface area contributed by atoms with Gasteiger partial charge in [0.2, 0.25) is 0 Å².